The van der Waals surface area contributed by atoms with E-state index in [1.165, 1.54) is 0 Å². The highest BCUT2D eigenvalue weighted by molar-refractivity contribution is 5.35. The summed E-state index contributed by atoms with van der Waals surface area (Å²) in [7, 11) is 0. The van der Waals surface area contributed by atoms with Gasteiger partial charge in [-0.3, -0.25) is 0 Å². The Hall–Kier alpha value is -1.13. The van der Waals surface area contributed by atoms with Crippen molar-refractivity contribution in [3.05, 3.63) is 23.9 Å². The van der Waals surface area contributed by atoms with E-state index in [1.54, 1.807) is 0 Å². The summed E-state index contributed by atoms with van der Waals surface area (Å²) >= 11 is 0. The molecule has 0 aliphatic heterocycles. The molecule has 4 nitrogen and oxygen atoms in total. The fourth-order valence-electron chi connectivity index (χ4n) is 0.876. The molecule has 0 aliphatic carbocycles. The molecule has 4 N–H and O–H groups in total. The standard InChI is InChI=1S/C8H13N3O/c9-6-7-2-1-3-8(11-7)10-4-5-12/h1-3,12H,4-6,9H2,(H,10,11). The van der Waals surface area contributed by atoms with Crippen LogP contribution in [0.5, 0.6) is 0 Å². The Bertz CT molecular complexity index is 239. The van der Waals surface area contributed by atoms with Crippen molar-refractivity contribution in [2.24, 2.45) is 5.73 Å². The third kappa shape index (κ3) is 2.48. The molecule has 0 bridgehead atoms. The number of pyridine rings is 1. The smallest absolute Gasteiger partial charge is 0.126 e. The monoisotopic (exact) mass is 167 g/mol. The summed E-state index contributed by atoms with van der Waals surface area (Å²) in [6.45, 7) is 1.06. The summed E-state index contributed by atoms with van der Waals surface area (Å²) in [4.78, 5) is 4.18. The largest absolute Gasteiger partial charge is 0.395 e. The molecule has 0 unspecified atom stereocenters. The van der Waals surface area contributed by atoms with Crippen LogP contribution in [0.25, 0.3) is 0 Å². The molecule has 0 aromatic carbocycles. The first-order valence-corrected chi connectivity index (χ1v) is 3.87. The fourth-order valence-corrected chi connectivity index (χ4v) is 0.876. The van der Waals surface area contributed by atoms with E-state index >= 15 is 0 Å². The third-order valence-corrected chi connectivity index (χ3v) is 1.43. The fraction of sp³-hybridized carbons (Fsp3) is 0.375. The van der Waals surface area contributed by atoms with Crippen LogP contribution in [-0.2, 0) is 6.54 Å². The zero-order chi connectivity index (χ0) is 8.81. The molecule has 1 rings (SSSR count). The average molecular weight is 167 g/mol. The first-order chi connectivity index (χ1) is 5.86. The molecule has 0 saturated carbocycles. The SMILES string of the molecule is NCc1cccc(NCCO)n1. The number of hydrogen-bond acceptors (Lipinski definition) is 4. The molecule has 1 heterocycles. The van der Waals surface area contributed by atoms with Crippen LogP contribution in [0.2, 0.25) is 0 Å². The van der Waals surface area contributed by atoms with Crippen molar-refractivity contribution in [1.29, 1.82) is 0 Å². The van der Waals surface area contributed by atoms with Crippen molar-refractivity contribution in [3.8, 4) is 0 Å². The summed E-state index contributed by atoms with van der Waals surface area (Å²) < 4.78 is 0. The van der Waals surface area contributed by atoms with Crippen LogP contribution in [0.1, 0.15) is 5.69 Å². The highest BCUT2D eigenvalue weighted by atomic mass is 16.3. The Morgan fingerprint density at radius 3 is 3.00 bits per heavy atom. The number of anilines is 1. The molecular formula is C8H13N3O. The summed E-state index contributed by atoms with van der Waals surface area (Å²) in [5, 5.41) is 11.5. The molecule has 4 heteroatoms. The highest BCUT2D eigenvalue weighted by Crippen LogP contribution is 2.02. The number of aliphatic hydroxyl groups is 1. The normalized spacial score (nSPS) is 9.83. The van der Waals surface area contributed by atoms with Gasteiger partial charge in [0, 0.05) is 13.1 Å². The van der Waals surface area contributed by atoms with Gasteiger partial charge in [-0.15, -0.1) is 0 Å². The van der Waals surface area contributed by atoms with Crippen molar-refractivity contribution in [2.75, 3.05) is 18.5 Å². The van der Waals surface area contributed by atoms with Gasteiger partial charge < -0.3 is 16.2 Å². The van der Waals surface area contributed by atoms with Crippen LogP contribution >= 0.6 is 0 Å². The lowest BCUT2D eigenvalue weighted by Gasteiger charge is -2.03. The average Bonchev–Trinajstić information content (AvgIpc) is 2.15. The minimum absolute atomic E-state index is 0.106. The van der Waals surface area contributed by atoms with E-state index in [2.05, 4.69) is 10.3 Å². The number of hydrogen-bond donors (Lipinski definition) is 3. The molecule has 1 aromatic heterocycles. The van der Waals surface area contributed by atoms with Gasteiger partial charge in [-0.25, -0.2) is 4.98 Å². The maximum absolute atomic E-state index is 8.54. The van der Waals surface area contributed by atoms with Crippen LogP contribution in [0.3, 0.4) is 0 Å². The Labute approximate surface area is 71.4 Å². The van der Waals surface area contributed by atoms with Gasteiger partial charge in [0.2, 0.25) is 0 Å². The summed E-state index contributed by atoms with van der Waals surface area (Å²) in [6.07, 6.45) is 0. The molecule has 0 radical (unpaired) electrons. The van der Waals surface area contributed by atoms with Crippen molar-refractivity contribution < 1.29 is 5.11 Å². The van der Waals surface area contributed by atoms with Crippen LogP contribution in [-0.4, -0.2) is 23.2 Å². The summed E-state index contributed by atoms with van der Waals surface area (Å²) in [5.74, 6) is 0.756. The molecule has 12 heavy (non-hydrogen) atoms. The Morgan fingerprint density at radius 1 is 1.50 bits per heavy atom. The van der Waals surface area contributed by atoms with Crippen molar-refractivity contribution in [1.82, 2.24) is 4.98 Å². The van der Waals surface area contributed by atoms with E-state index in [0.29, 0.717) is 13.1 Å². The first-order valence-electron chi connectivity index (χ1n) is 3.87. The summed E-state index contributed by atoms with van der Waals surface area (Å²) in [5.41, 5.74) is 6.25. The Kier molecular flexibility index (Phi) is 3.50. The zero-order valence-electron chi connectivity index (χ0n) is 6.83. The van der Waals surface area contributed by atoms with E-state index in [-0.39, 0.29) is 6.61 Å². The number of rotatable bonds is 4. The molecule has 66 valence electrons. The second-order valence-corrected chi connectivity index (χ2v) is 2.37. The van der Waals surface area contributed by atoms with Crippen LogP contribution in [0.15, 0.2) is 18.2 Å². The molecule has 0 spiro atoms. The van der Waals surface area contributed by atoms with Gasteiger partial charge in [0.15, 0.2) is 0 Å². The van der Waals surface area contributed by atoms with Crippen molar-refractivity contribution in [3.63, 3.8) is 0 Å². The van der Waals surface area contributed by atoms with Gasteiger partial charge in [0.25, 0.3) is 0 Å². The molecule has 1 aromatic rings. The number of aliphatic hydroxyl groups excluding tert-OH is 1. The third-order valence-electron chi connectivity index (χ3n) is 1.43. The van der Waals surface area contributed by atoms with Gasteiger partial charge >= 0.3 is 0 Å². The van der Waals surface area contributed by atoms with E-state index in [0.717, 1.165) is 11.5 Å². The second-order valence-electron chi connectivity index (χ2n) is 2.37. The molecule has 0 aliphatic rings. The van der Waals surface area contributed by atoms with E-state index in [1.807, 2.05) is 18.2 Å². The quantitative estimate of drug-likeness (QED) is 0.587. The lowest BCUT2D eigenvalue weighted by molar-refractivity contribution is 0.311. The van der Waals surface area contributed by atoms with Gasteiger partial charge in [0.1, 0.15) is 5.82 Å². The minimum Gasteiger partial charge on any atom is -0.395 e. The molecular weight excluding hydrogens is 154 g/mol. The van der Waals surface area contributed by atoms with Gasteiger partial charge in [-0.2, -0.15) is 0 Å². The van der Waals surface area contributed by atoms with Gasteiger partial charge in [-0.1, -0.05) is 6.07 Å². The predicted molar refractivity (Wildman–Crippen MR) is 47.7 cm³/mol. The lowest BCUT2D eigenvalue weighted by atomic mass is 10.3. The molecule has 0 fully saturated rings. The lowest BCUT2D eigenvalue weighted by Crippen LogP contribution is -2.08. The Morgan fingerprint density at radius 2 is 2.33 bits per heavy atom. The number of nitrogens with zero attached hydrogens (tertiary/aromatic N) is 1. The van der Waals surface area contributed by atoms with Crippen molar-refractivity contribution in [2.45, 2.75) is 6.54 Å². The Balaban J connectivity index is 2.60. The zero-order valence-corrected chi connectivity index (χ0v) is 6.83. The summed E-state index contributed by atoms with van der Waals surface area (Å²) in [6, 6.07) is 5.59. The number of nitrogens with one attached hydrogen (secondary N) is 1. The topological polar surface area (TPSA) is 71.2 Å². The van der Waals surface area contributed by atoms with Crippen LogP contribution < -0.4 is 11.1 Å². The second kappa shape index (κ2) is 4.69. The first kappa shape index (κ1) is 8.96. The number of aromatic nitrogens is 1. The predicted octanol–water partition coefficient (Wildman–Crippen LogP) is -0.0555. The van der Waals surface area contributed by atoms with Gasteiger partial charge in [0.05, 0.1) is 12.3 Å². The van der Waals surface area contributed by atoms with Crippen molar-refractivity contribution >= 4 is 5.82 Å². The maximum atomic E-state index is 8.54. The van der Waals surface area contributed by atoms with E-state index < -0.39 is 0 Å². The molecule has 0 atom stereocenters. The highest BCUT2D eigenvalue weighted by Gasteiger charge is 1.93. The van der Waals surface area contributed by atoms with Crippen LogP contribution in [0.4, 0.5) is 5.82 Å². The van der Waals surface area contributed by atoms with Crippen LogP contribution in [0, 0.1) is 0 Å². The van der Waals surface area contributed by atoms with E-state index in [9.17, 15) is 0 Å². The van der Waals surface area contributed by atoms with Gasteiger partial charge in [-0.05, 0) is 12.1 Å². The minimum atomic E-state index is 0.106. The molecule has 0 saturated heterocycles. The maximum Gasteiger partial charge on any atom is 0.126 e. The molecule has 0 amide bonds. The number of nitrogens with two attached hydrogens (primary N) is 1. The van der Waals surface area contributed by atoms with E-state index in [4.69, 9.17) is 10.8 Å².